The molecular weight excluding hydrogens is 556 g/mol. The Balaban J connectivity index is 2.01. The van der Waals surface area contributed by atoms with Gasteiger partial charge in [0, 0.05) is 9.50 Å². The number of halogens is 2. The van der Waals surface area contributed by atoms with Gasteiger partial charge < -0.3 is 14.2 Å². The molecule has 2 heterocycles. The number of rotatable bonds is 6. The summed E-state index contributed by atoms with van der Waals surface area (Å²) in [6.07, 6.45) is 1.78. The summed E-state index contributed by atoms with van der Waals surface area (Å²) in [4.78, 5) is 31.9. The average molecular weight is 578 g/mol. The molecule has 1 aliphatic heterocycles. The molecule has 4 rings (SSSR count). The van der Waals surface area contributed by atoms with E-state index < -0.39 is 12.0 Å². The quantitative estimate of drug-likeness (QED) is 0.410. The number of carbonyl (C=O) groups is 1. The third-order valence-corrected chi connectivity index (χ3v) is 7.40. The first-order valence-corrected chi connectivity index (χ1v) is 12.6. The van der Waals surface area contributed by atoms with Gasteiger partial charge in [0.1, 0.15) is 0 Å². The molecule has 2 aromatic carbocycles. The molecule has 0 bridgehead atoms. The Hall–Kier alpha value is -2.88. The Labute approximate surface area is 219 Å². The molecule has 7 nitrogen and oxygen atoms in total. The van der Waals surface area contributed by atoms with Crippen LogP contribution in [0, 0.1) is 0 Å². The monoisotopic (exact) mass is 576 g/mol. The highest BCUT2D eigenvalue weighted by molar-refractivity contribution is 9.10. The Bertz CT molecular complexity index is 1510. The standard InChI is InChI=1S/C25H22BrClN2O5S/c1-5-34-24(31)21-13(2)28-25-29(22(21)16-11-18(32-3)19(33-4)12-17(16)26)23(30)20(35-25)10-14-6-8-15(27)9-7-14/h6-12,22H,5H2,1-4H3/b20-10-/t22-/m0/s1. The first kappa shape index (κ1) is 25.2. The fourth-order valence-electron chi connectivity index (χ4n) is 3.88. The summed E-state index contributed by atoms with van der Waals surface area (Å²) in [5, 5.41) is 0.608. The van der Waals surface area contributed by atoms with Crippen molar-refractivity contribution in [2.24, 2.45) is 4.99 Å². The van der Waals surface area contributed by atoms with Gasteiger partial charge in [-0.25, -0.2) is 9.79 Å². The van der Waals surface area contributed by atoms with Gasteiger partial charge in [-0.2, -0.15) is 0 Å². The average Bonchev–Trinajstić information content (AvgIpc) is 3.14. The maximum absolute atomic E-state index is 13.7. The zero-order valence-corrected chi connectivity index (χ0v) is 22.6. The van der Waals surface area contributed by atoms with Gasteiger partial charge in [-0.3, -0.25) is 9.36 Å². The molecule has 182 valence electrons. The van der Waals surface area contributed by atoms with Gasteiger partial charge in [-0.1, -0.05) is 51.0 Å². The lowest BCUT2D eigenvalue weighted by Gasteiger charge is -2.26. The van der Waals surface area contributed by atoms with E-state index in [4.69, 9.17) is 25.8 Å². The first-order valence-electron chi connectivity index (χ1n) is 10.7. The number of fused-ring (bicyclic) bond motifs is 1. The summed E-state index contributed by atoms with van der Waals surface area (Å²) in [7, 11) is 3.07. The third-order valence-electron chi connectivity index (χ3n) is 5.48. The molecule has 0 spiro atoms. The van der Waals surface area contributed by atoms with Crippen LogP contribution in [-0.4, -0.2) is 31.4 Å². The number of ether oxygens (including phenoxy) is 3. The van der Waals surface area contributed by atoms with Crippen LogP contribution in [0.1, 0.15) is 31.0 Å². The van der Waals surface area contributed by atoms with Gasteiger partial charge in [0.05, 0.1) is 42.7 Å². The predicted octanol–water partition coefficient (Wildman–Crippen LogP) is 4.23. The number of hydrogen-bond donors (Lipinski definition) is 0. The Morgan fingerprint density at radius 2 is 1.86 bits per heavy atom. The van der Waals surface area contributed by atoms with Crippen LogP contribution in [0.5, 0.6) is 11.5 Å². The minimum absolute atomic E-state index is 0.191. The molecule has 0 saturated carbocycles. The molecule has 35 heavy (non-hydrogen) atoms. The number of aromatic nitrogens is 1. The van der Waals surface area contributed by atoms with Crippen LogP contribution in [0.2, 0.25) is 5.02 Å². The summed E-state index contributed by atoms with van der Waals surface area (Å²) in [6.45, 7) is 3.66. The third kappa shape index (κ3) is 4.80. The predicted molar refractivity (Wildman–Crippen MR) is 139 cm³/mol. The van der Waals surface area contributed by atoms with Crippen molar-refractivity contribution in [2.45, 2.75) is 19.9 Å². The molecule has 1 atom stereocenters. The van der Waals surface area contributed by atoms with E-state index in [1.165, 1.54) is 30.1 Å². The van der Waals surface area contributed by atoms with E-state index in [2.05, 4.69) is 20.9 Å². The second-order valence-electron chi connectivity index (χ2n) is 7.58. The van der Waals surface area contributed by atoms with Crippen LogP contribution in [0.3, 0.4) is 0 Å². The van der Waals surface area contributed by atoms with Crippen molar-refractivity contribution in [2.75, 3.05) is 20.8 Å². The smallest absolute Gasteiger partial charge is 0.338 e. The van der Waals surface area contributed by atoms with Crippen LogP contribution in [0.25, 0.3) is 6.08 Å². The Morgan fingerprint density at radius 1 is 1.20 bits per heavy atom. The molecular formula is C25H22BrClN2O5S. The molecule has 10 heteroatoms. The molecule has 0 amide bonds. The molecule has 0 saturated heterocycles. The van der Waals surface area contributed by atoms with Crippen LogP contribution < -0.4 is 24.4 Å². The van der Waals surface area contributed by atoms with Gasteiger partial charge in [-0.15, -0.1) is 0 Å². The van der Waals surface area contributed by atoms with E-state index in [-0.39, 0.29) is 17.7 Å². The normalized spacial score (nSPS) is 15.5. The summed E-state index contributed by atoms with van der Waals surface area (Å²) >= 11 is 10.8. The number of thiazole rings is 1. The molecule has 0 unspecified atom stereocenters. The Morgan fingerprint density at radius 3 is 2.49 bits per heavy atom. The minimum Gasteiger partial charge on any atom is -0.493 e. The zero-order chi connectivity index (χ0) is 25.3. The van der Waals surface area contributed by atoms with Crippen molar-refractivity contribution in [3.05, 3.63) is 88.0 Å². The fourth-order valence-corrected chi connectivity index (χ4v) is 5.59. The van der Waals surface area contributed by atoms with E-state index >= 15 is 0 Å². The molecule has 0 radical (unpaired) electrons. The van der Waals surface area contributed by atoms with E-state index in [1.54, 1.807) is 44.2 Å². The summed E-state index contributed by atoms with van der Waals surface area (Å²) < 4.78 is 18.9. The number of allylic oxidation sites excluding steroid dienone is 1. The number of hydrogen-bond acceptors (Lipinski definition) is 7. The van der Waals surface area contributed by atoms with Crippen LogP contribution in [-0.2, 0) is 9.53 Å². The van der Waals surface area contributed by atoms with E-state index in [9.17, 15) is 9.59 Å². The molecule has 0 fully saturated rings. The number of methoxy groups -OCH3 is 2. The number of nitrogens with zero attached hydrogens (tertiary/aromatic N) is 2. The lowest BCUT2D eigenvalue weighted by atomic mass is 9.95. The van der Waals surface area contributed by atoms with Crippen molar-refractivity contribution in [1.82, 2.24) is 4.57 Å². The van der Waals surface area contributed by atoms with Crippen LogP contribution in [0.4, 0.5) is 0 Å². The van der Waals surface area contributed by atoms with Crippen LogP contribution >= 0.6 is 38.9 Å². The highest BCUT2D eigenvalue weighted by atomic mass is 79.9. The largest absolute Gasteiger partial charge is 0.493 e. The second kappa shape index (κ2) is 10.4. The molecule has 1 aromatic heterocycles. The van der Waals surface area contributed by atoms with E-state index in [0.29, 0.717) is 41.6 Å². The van der Waals surface area contributed by atoms with Gasteiger partial charge >= 0.3 is 5.97 Å². The lowest BCUT2D eigenvalue weighted by Crippen LogP contribution is -2.40. The number of benzene rings is 2. The molecule has 1 aliphatic rings. The maximum atomic E-state index is 13.7. The van der Waals surface area contributed by atoms with Gasteiger partial charge in [0.15, 0.2) is 16.3 Å². The van der Waals surface area contributed by atoms with Crippen molar-refractivity contribution >= 4 is 50.9 Å². The summed E-state index contributed by atoms with van der Waals surface area (Å²) in [5.74, 6) is 0.441. The van der Waals surface area contributed by atoms with Gasteiger partial charge in [0.25, 0.3) is 5.56 Å². The van der Waals surface area contributed by atoms with Crippen molar-refractivity contribution in [3.63, 3.8) is 0 Å². The van der Waals surface area contributed by atoms with Gasteiger partial charge in [0.2, 0.25) is 0 Å². The SMILES string of the molecule is CCOC(=O)C1=C(C)N=c2s/c(=C\c3ccc(Cl)cc3)c(=O)n2[C@H]1c1cc(OC)c(OC)cc1Br. The van der Waals surface area contributed by atoms with Crippen LogP contribution in [0.15, 0.2) is 61.9 Å². The molecule has 0 N–H and O–H groups in total. The van der Waals surface area contributed by atoms with E-state index in [0.717, 1.165) is 5.56 Å². The maximum Gasteiger partial charge on any atom is 0.338 e. The Kier molecular flexibility index (Phi) is 7.49. The molecule has 0 aliphatic carbocycles. The highest BCUT2D eigenvalue weighted by Gasteiger charge is 2.35. The lowest BCUT2D eigenvalue weighted by molar-refractivity contribution is -0.139. The minimum atomic E-state index is -0.785. The summed E-state index contributed by atoms with van der Waals surface area (Å²) in [6, 6.07) is 9.90. The number of esters is 1. The topological polar surface area (TPSA) is 79.1 Å². The molecule has 3 aromatic rings. The fraction of sp³-hybridized carbons (Fsp3) is 0.240. The summed E-state index contributed by atoms with van der Waals surface area (Å²) in [5.41, 5.74) is 1.95. The van der Waals surface area contributed by atoms with Gasteiger partial charge in [-0.05, 0) is 55.3 Å². The van der Waals surface area contributed by atoms with Crippen molar-refractivity contribution in [3.8, 4) is 11.5 Å². The van der Waals surface area contributed by atoms with Crippen molar-refractivity contribution < 1.29 is 19.0 Å². The zero-order valence-electron chi connectivity index (χ0n) is 19.4. The highest BCUT2D eigenvalue weighted by Crippen LogP contribution is 2.40. The van der Waals surface area contributed by atoms with Crippen molar-refractivity contribution in [1.29, 1.82) is 0 Å². The van der Waals surface area contributed by atoms with E-state index in [1.807, 2.05) is 12.1 Å². The first-order chi connectivity index (χ1) is 16.8. The number of carbonyl (C=O) groups excluding carboxylic acids is 1. The second-order valence-corrected chi connectivity index (χ2v) is 9.88.